The standard InChI is InChI=1S/C30H17ClF4N8/c31-18-9-21-27(39-20-11-23(34)30(35)38-14-20)17(12-36)13-37-29(21)24(10-18)40-28(16-5-7-19(32)8-6-16)25-15-43(42-41-25)26-4-2-1-3-22(26)33/h1-11,13-15,28,40H,(H,37,39)/t28-/m0/s1. The van der Waals surface area contributed by atoms with E-state index in [1.165, 1.54) is 35.3 Å². The monoisotopic (exact) mass is 600 g/mol. The quantitative estimate of drug-likeness (QED) is 0.147. The van der Waals surface area contributed by atoms with E-state index in [9.17, 15) is 22.8 Å². The topological polar surface area (TPSA) is 104 Å². The summed E-state index contributed by atoms with van der Waals surface area (Å²) in [7, 11) is 0. The van der Waals surface area contributed by atoms with Gasteiger partial charge in [0.05, 0.1) is 46.6 Å². The van der Waals surface area contributed by atoms with Crippen molar-refractivity contribution in [1.29, 1.82) is 5.26 Å². The van der Waals surface area contributed by atoms with Crippen LogP contribution < -0.4 is 10.6 Å². The van der Waals surface area contributed by atoms with Gasteiger partial charge in [0.1, 0.15) is 29.1 Å². The summed E-state index contributed by atoms with van der Waals surface area (Å²) in [6, 6.07) is 17.1. The molecule has 0 bridgehead atoms. The first kappa shape index (κ1) is 27.6. The molecule has 2 N–H and O–H groups in total. The predicted molar refractivity (Wildman–Crippen MR) is 152 cm³/mol. The van der Waals surface area contributed by atoms with Gasteiger partial charge in [-0.25, -0.2) is 22.8 Å². The van der Waals surface area contributed by atoms with E-state index in [1.54, 1.807) is 42.5 Å². The van der Waals surface area contributed by atoms with E-state index >= 15 is 0 Å². The largest absolute Gasteiger partial charge is 0.371 e. The van der Waals surface area contributed by atoms with E-state index in [4.69, 9.17) is 11.6 Å². The molecule has 3 heterocycles. The number of benzene rings is 3. The maximum atomic E-state index is 14.5. The van der Waals surface area contributed by atoms with Gasteiger partial charge in [0.2, 0.25) is 5.95 Å². The number of nitrogens with one attached hydrogen (secondary N) is 2. The summed E-state index contributed by atoms with van der Waals surface area (Å²) in [5, 5.41) is 25.0. The fourth-order valence-electron chi connectivity index (χ4n) is 4.53. The Morgan fingerprint density at radius 1 is 0.907 bits per heavy atom. The second-order valence-corrected chi connectivity index (χ2v) is 9.73. The van der Waals surface area contributed by atoms with Crippen LogP contribution in [0.15, 0.2) is 85.3 Å². The summed E-state index contributed by atoms with van der Waals surface area (Å²) >= 11 is 6.51. The highest BCUT2D eigenvalue weighted by Crippen LogP contribution is 2.37. The first-order valence-electron chi connectivity index (χ1n) is 12.6. The molecule has 0 aliphatic heterocycles. The van der Waals surface area contributed by atoms with Gasteiger partial charge in [0.25, 0.3) is 0 Å². The Kier molecular flexibility index (Phi) is 7.31. The molecule has 0 radical (unpaired) electrons. The fourth-order valence-corrected chi connectivity index (χ4v) is 4.75. The number of nitrogens with zero attached hydrogens (tertiary/aromatic N) is 6. The number of anilines is 3. The molecule has 13 heteroatoms. The molecule has 8 nitrogen and oxygen atoms in total. The van der Waals surface area contributed by atoms with Crippen LogP contribution in [0, 0.1) is 34.7 Å². The van der Waals surface area contributed by atoms with Crippen molar-refractivity contribution < 1.29 is 17.6 Å². The number of hydrogen-bond donors (Lipinski definition) is 2. The number of rotatable bonds is 7. The Bertz CT molecular complexity index is 2020. The predicted octanol–water partition coefficient (Wildman–Crippen LogP) is 7.24. The second kappa shape index (κ2) is 11.4. The molecular formula is C30H17ClF4N8. The van der Waals surface area contributed by atoms with Crippen LogP contribution in [0.2, 0.25) is 5.02 Å². The third-order valence-electron chi connectivity index (χ3n) is 6.53. The number of fused-ring (bicyclic) bond motifs is 1. The number of nitriles is 1. The van der Waals surface area contributed by atoms with Crippen molar-refractivity contribution in [3.63, 3.8) is 0 Å². The highest BCUT2D eigenvalue weighted by Gasteiger charge is 2.22. The Balaban J connectivity index is 1.46. The van der Waals surface area contributed by atoms with Gasteiger partial charge in [-0.3, -0.25) is 4.98 Å². The van der Waals surface area contributed by atoms with Crippen molar-refractivity contribution in [3.8, 4) is 11.8 Å². The van der Waals surface area contributed by atoms with Gasteiger partial charge in [-0.15, -0.1) is 5.10 Å². The molecule has 0 spiro atoms. The Morgan fingerprint density at radius 2 is 1.70 bits per heavy atom. The maximum Gasteiger partial charge on any atom is 0.249 e. The van der Waals surface area contributed by atoms with Gasteiger partial charge >= 0.3 is 0 Å². The summed E-state index contributed by atoms with van der Waals surface area (Å²) in [6.07, 6.45) is 3.94. The zero-order valence-electron chi connectivity index (χ0n) is 21.7. The lowest BCUT2D eigenvalue weighted by Gasteiger charge is -2.21. The summed E-state index contributed by atoms with van der Waals surface area (Å²) in [5.41, 5.74) is 2.32. The first-order valence-corrected chi connectivity index (χ1v) is 13.0. The highest BCUT2D eigenvalue weighted by molar-refractivity contribution is 6.32. The minimum absolute atomic E-state index is 0.0892. The summed E-state index contributed by atoms with van der Waals surface area (Å²) in [6.45, 7) is 0. The van der Waals surface area contributed by atoms with E-state index in [0.29, 0.717) is 27.8 Å². The van der Waals surface area contributed by atoms with Gasteiger partial charge in [0, 0.05) is 22.7 Å². The molecule has 0 saturated carbocycles. The normalized spacial score (nSPS) is 11.7. The SMILES string of the molecule is N#Cc1cnc2c(N[C@@H](c3ccc(F)cc3)c3cn(-c4ccccc4F)nn3)cc(Cl)cc2c1Nc1cnc(F)c(F)c1. The Hall–Kier alpha value is -5.54. The van der Waals surface area contributed by atoms with E-state index in [-0.39, 0.29) is 27.6 Å². The zero-order valence-corrected chi connectivity index (χ0v) is 22.5. The molecule has 6 aromatic rings. The van der Waals surface area contributed by atoms with Crippen molar-refractivity contribution >= 4 is 39.6 Å². The van der Waals surface area contributed by atoms with E-state index in [2.05, 4.69) is 30.9 Å². The molecule has 3 aromatic heterocycles. The van der Waals surface area contributed by atoms with E-state index < -0.39 is 29.4 Å². The van der Waals surface area contributed by atoms with Crippen molar-refractivity contribution in [2.75, 3.05) is 10.6 Å². The second-order valence-electron chi connectivity index (χ2n) is 9.30. The number of para-hydroxylation sites is 1. The molecule has 0 amide bonds. The minimum Gasteiger partial charge on any atom is -0.371 e. The first-order chi connectivity index (χ1) is 20.8. The maximum absolute atomic E-state index is 14.5. The summed E-state index contributed by atoms with van der Waals surface area (Å²) < 4.78 is 56.9. The smallest absolute Gasteiger partial charge is 0.249 e. The molecule has 0 unspecified atom stereocenters. The lowest BCUT2D eigenvalue weighted by atomic mass is 10.0. The molecule has 6 rings (SSSR count). The Labute approximate surface area is 246 Å². The summed E-state index contributed by atoms with van der Waals surface area (Å²) in [4.78, 5) is 7.84. The Morgan fingerprint density at radius 3 is 2.44 bits per heavy atom. The van der Waals surface area contributed by atoms with Gasteiger partial charge in [0.15, 0.2) is 5.82 Å². The number of pyridine rings is 2. The van der Waals surface area contributed by atoms with Crippen LogP contribution >= 0.6 is 11.6 Å². The van der Waals surface area contributed by atoms with Gasteiger partial charge in [-0.2, -0.15) is 9.65 Å². The van der Waals surface area contributed by atoms with Crippen molar-refractivity contribution in [1.82, 2.24) is 25.0 Å². The lowest BCUT2D eigenvalue weighted by molar-refractivity contribution is 0.480. The lowest BCUT2D eigenvalue weighted by Crippen LogP contribution is -2.14. The highest BCUT2D eigenvalue weighted by atomic mass is 35.5. The molecule has 1 atom stereocenters. The average molecular weight is 601 g/mol. The molecule has 0 saturated heterocycles. The number of halogens is 5. The molecule has 0 fully saturated rings. The third kappa shape index (κ3) is 5.53. The van der Waals surface area contributed by atoms with Crippen LogP contribution in [0.25, 0.3) is 16.6 Å². The van der Waals surface area contributed by atoms with Crippen LogP contribution in [0.4, 0.5) is 34.6 Å². The van der Waals surface area contributed by atoms with Crippen LogP contribution in [-0.4, -0.2) is 25.0 Å². The summed E-state index contributed by atoms with van der Waals surface area (Å²) in [5.74, 6) is -3.38. The number of hydrogen-bond acceptors (Lipinski definition) is 7. The van der Waals surface area contributed by atoms with E-state index in [0.717, 1.165) is 12.3 Å². The fraction of sp³-hybridized carbons (Fsp3) is 0.0333. The van der Waals surface area contributed by atoms with Gasteiger partial charge in [-0.1, -0.05) is 41.1 Å². The molecular weight excluding hydrogens is 584 g/mol. The molecule has 0 aliphatic carbocycles. The van der Waals surface area contributed by atoms with Crippen molar-refractivity contribution in [2.45, 2.75) is 6.04 Å². The third-order valence-corrected chi connectivity index (χ3v) is 6.75. The van der Waals surface area contributed by atoms with Gasteiger partial charge < -0.3 is 10.6 Å². The van der Waals surface area contributed by atoms with Crippen LogP contribution in [-0.2, 0) is 0 Å². The minimum atomic E-state index is -1.26. The van der Waals surface area contributed by atoms with E-state index in [1.807, 2.05) is 6.07 Å². The molecule has 3 aromatic carbocycles. The zero-order chi connectivity index (χ0) is 30.1. The van der Waals surface area contributed by atoms with Crippen molar-refractivity contribution in [2.24, 2.45) is 0 Å². The molecule has 43 heavy (non-hydrogen) atoms. The average Bonchev–Trinajstić information content (AvgIpc) is 3.48. The number of aromatic nitrogens is 5. The molecule has 212 valence electrons. The van der Waals surface area contributed by atoms with Crippen LogP contribution in [0.3, 0.4) is 0 Å². The molecule has 0 aliphatic rings. The van der Waals surface area contributed by atoms with Crippen LogP contribution in [0.5, 0.6) is 0 Å². The van der Waals surface area contributed by atoms with Gasteiger partial charge in [-0.05, 0) is 42.0 Å². The van der Waals surface area contributed by atoms with Crippen LogP contribution in [0.1, 0.15) is 22.9 Å². The van der Waals surface area contributed by atoms with Crippen molar-refractivity contribution in [3.05, 3.63) is 131 Å².